The summed E-state index contributed by atoms with van der Waals surface area (Å²) in [4.78, 5) is 32.0. The van der Waals surface area contributed by atoms with Gasteiger partial charge in [0.2, 0.25) is 5.96 Å². The highest BCUT2D eigenvalue weighted by molar-refractivity contribution is 6.06. The molecule has 1 aliphatic rings. The third-order valence-corrected chi connectivity index (χ3v) is 4.80. The number of nitro groups is 1. The van der Waals surface area contributed by atoms with E-state index in [4.69, 9.17) is 0 Å². The van der Waals surface area contributed by atoms with Crippen LogP contribution < -0.4 is 5.32 Å². The van der Waals surface area contributed by atoms with Crippen molar-refractivity contribution >= 4 is 17.6 Å². The summed E-state index contributed by atoms with van der Waals surface area (Å²) in [6.45, 7) is 1.65. The highest BCUT2D eigenvalue weighted by Gasteiger charge is 2.37. The zero-order valence-corrected chi connectivity index (χ0v) is 15.4. The van der Waals surface area contributed by atoms with Crippen molar-refractivity contribution in [3.8, 4) is 0 Å². The van der Waals surface area contributed by atoms with Crippen molar-refractivity contribution in [2.75, 3.05) is 0 Å². The molecule has 4 rings (SSSR count). The molecule has 1 aliphatic heterocycles. The average molecular weight is 393 g/mol. The number of imidazole rings is 1. The summed E-state index contributed by atoms with van der Waals surface area (Å²) >= 11 is 0. The molecule has 0 radical (unpaired) electrons. The average Bonchev–Trinajstić information content (AvgIpc) is 3.17. The molecule has 146 valence electrons. The molecule has 0 saturated heterocycles. The second-order valence-electron chi connectivity index (χ2n) is 6.84. The standard InChI is InChI=1S/C20H16FN5O3/c1-20(15-11-14(26(28)29)7-8-16(15)21)12-17-22-9-10-25(17)19(24-20)23-18(27)13-5-3-2-4-6-13/h2-11H,12H2,1H3,(H,23,24,27)/t20-/m0/s1. The minimum atomic E-state index is -1.18. The van der Waals surface area contributed by atoms with Crippen molar-refractivity contribution in [1.82, 2.24) is 14.9 Å². The Morgan fingerprint density at radius 1 is 1.28 bits per heavy atom. The van der Waals surface area contributed by atoms with Crippen LogP contribution in [0.5, 0.6) is 0 Å². The lowest BCUT2D eigenvalue weighted by Crippen LogP contribution is -2.43. The number of carbonyl (C=O) groups excluding carboxylic acids is 1. The number of nitrogens with one attached hydrogen (secondary N) is 1. The summed E-state index contributed by atoms with van der Waals surface area (Å²) in [5, 5.41) is 13.9. The van der Waals surface area contributed by atoms with Crippen LogP contribution in [-0.2, 0) is 12.0 Å². The predicted molar refractivity (Wildman–Crippen MR) is 103 cm³/mol. The van der Waals surface area contributed by atoms with Gasteiger partial charge < -0.3 is 0 Å². The Morgan fingerprint density at radius 2 is 2.03 bits per heavy atom. The van der Waals surface area contributed by atoms with Crippen LogP contribution in [0.4, 0.5) is 10.1 Å². The smallest absolute Gasteiger partial charge is 0.270 e. The number of nitro benzene ring substituents is 1. The van der Waals surface area contributed by atoms with E-state index in [1.165, 1.54) is 6.07 Å². The Hall–Kier alpha value is -3.88. The van der Waals surface area contributed by atoms with E-state index in [0.717, 1.165) is 12.1 Å². The lowest BCUT2D eigenvalue weighted by molar-refractivity contribution is -0.385. The van der Waals surface area contributed by atoms with Crippen molar-refractivity contribution in [1.29, 1.82) is 0 Å². The van der Waals surface area contributed by atoms with Crippen LogP contribution in [0.1, 0.15) is 28.7 Å². The van der Waals surface area contributed by atoms with Gasteiger partial charge in [-0.25, -0.2) is 14.4 Å². The number of amides is 1. The van der Waals surface area contributed by atoms with E-state index in [9.17, 15) is 19.3 Å². The van der Waals surface area contributed by atoms with Gasteiger partial charge in [0.05, 0.1) is 10.5 Å². The number of fused-ring (bicyclic) bond motifs is 1. The Morgan fingerprint density at radius 3 is 2.76 bits per heavy atom. The number of hydrogen-bond donors (Lipinski definition) is 1. The summed E-state index contributed by atoms with van der Waals surface area (Å²) in [7, 11) is 0. The first-order valence-corrected chi connectivity index (χ1v) is 8.81. The zero-order chi connectivity index (χ0) is 20.6. The molecule has 2 heterocycles. The van der Waals surface area contributed by atoms with E-state index in [-0.39, 0.29) is 29.5 Å². The minimum Gasteiger partial charge on any atom is -0.292 e. The highest BCUT2D eigenvalue weighted by Crippen LogP contribution is 2.35. The normalized spacial score (nSPS) is 17.9. The van der Waals surface area contributed by atoms with Crippen molar-refractivity contribution in [2.24, 2.45) is 4.99 Å². The van der Waals surface area contributed by atoms with E-state index in [1.807, 2.05) is 0 Å². The maximum absolute atomic E-state index is 14.6. The molecule has 0 fully saturated rings. The van der Waals surface area contributed by atoms with Gasteiger partial charge in [-0.3, -0.25) is 24.8 Å². The summed E-state index contributed by atoms with van der Waals surface area (Å²) in [6, 6.07) is 11.9. The molecule has 3 aromatic rings. The van der Waals surface area contributed by atoms with Crippen LogP contribution in [0.25, 0.3) is 0 Å². The number of carbonyl (C=O) groups is 1. The fraction of sp³-hybridized carbons (Fsp3) is 0.150. The second kappa shape index (κ2) is 6.93. The molecule has 8 nitrogen and oxygen atoms in total. The Kier molecular flexibility index (Phi) is 4.42. The van der Waals surface area contributed by atoms with E-state index >= 15 is 0 Å². The van der Waals surface area contributed by atoms with Gasteiger partial charge in [0.15, 0.2) is 0 Å². The first-order chi connectivity index (χ1) is 13.9. The lowest BCUT2D eigenvalue weighted by Gasteiger charge is -2.31. The molecule has 9 heteroatoms. The molecular formula is C20H16FN5O3. The third-order valence-electron chi connectivity index (χ3n) is 4.80. The molecule has 2 aromatic carbocycles. The van der Waals surface area contributed by atoms with Gasteiger partial charge in [0.1, 0.15) is 11.6 Å². The molecule has 0 bridgehead atoms. The van der Waals surface area contributed by atoms with Crippen LogP contribution in [0.15, 0.2) is 65.9 Å². The lowest BCUT2D eigenvalue weighted by atomic mass is 9.87. The summed E-state index contributed by atoms with van der Waals surface area (Å²) in [5.41, 5.74) is -0.920. The Balaban J connectivity index is 1.78. The van der Waals surface area contributed by atoms with Crippen LogP contribution in [0, 0.1) is 15.9 Å². The van der Waals surface area contributed by atoms with Crippen molar-refractivity contribution < 1.29 is 14.1 Å². The van der Waals surface area contributed by atoms with Gasteiger partial charge >= 0.3 is 0 Å². The molecular weight excluding hydrogens is 377 g/mol. The number of halogens is 1. The minimum absolute atomic E-state index is 0.0624. The molecule has 0 spiro atoms. The van der Waals surface area contributed by atoms with Crippen molar-refractivity contribution in [3.05, 3.63) is 93.8 Å². The number of aromatic nitrogens is 2. The van der Waals surface area contributed by atoms with Crippen molar-refractivity contribution in [2.45, 2.75) is 18.9 Å². The molecule has 0 aliphatic carbocycles. The predicted octanol–water partition coefficient (Wildman–Crippen LogP) is 3.04. The Bertz CT molecular complexity index is 1140. The summed E-state index contributed by atoms with van der Waals surface area (Å²) in [6.07, 6.45) is 3.40. The molecule has 1 amide bonds. The third kappa shape index (κ3) is 3.38. The number of hydrogen-bond acceptors (Lipinski definition) is 5. The number of non-ortho nitro benzene ring substituents is 1. The fourth-order valence-corrected chi connectivity index (χ4v) is 3.34. The molecule has 29 heavy (non-hydrogen) atoms. The number of aliphatic imine (C=N–C) groups is 1. The van der Waals surface area contributed by atoms with Gasteiger partial charge in [-0.15, -0.1) is 0 Å². The van der Waals surface area contributed by atoms with E-state index in [2.05, 4.69) is 15.3 Å². The van der Waals surface area contributed by atoms with Gasteiger partial charge in [0, 0.05) is 42.1 Å². The topological polar surface area (TPSA) is 102 Å². The molecule has 0 saturated carbocycles. The summed E-state index contributed by atoms with van der Waals surface area (Å²) < 4.78 is 16.2. The number of benzene rings is 2. The fourth-order valence-electron chi connectivity index (χ4n) is 3.34. The first-order valence-electron chi connectivity index (χ1n) is 8.81. The van der Waals surface area contributed by atoms with Gasteiger partial charge in [-0.05, 0) is 25.1 Å². The monoisotopic (exact) mass is 393 g/mol. The van der Waals surface area contributed by atoms with Gasteiger partial charge in [-0.1, -0.05) is 18.2 Å². The van der Waals surface area contributed by atoms with E-state index in [0.29, 0.717) is 11.4 Å². The van der Waals surface area contributed by atoms with Gasteiger partial charge in [-0.2, -0.15) is 0 Å². The van der Waals surface area contributed by atoms with Crippen LogP contribution >= 0.6 is 0 Å². The zero-order valence-electron chi connectivity index (χ0n) is 15.4. The molecule has 1 atom stereocenters. The van der Waals surface area contributed by atoms with E-state index < -0.39 is 16.3 Å². The van der Waals surface area contributed by atoms with Crippen LogP contribution in [0.2, 0.25) is 0 Å². The maximum atomic E-state index is 14.6. The van der Waals surface area contributed by atoms with Crippen LogP contribution in [0.3, 0.4) is 0 Å². The SMILES string of the molecule is C[C@@]1(c2cc([N+](=O)[O-])ccc2F)Cc2nccn2C(NC(=O)c2ccccc2)=N1. The molecule has 1 N–H and O–H groups in total. The Labute approximate surface area is 164 Å². The first kappa shape index (κ1) is 18.5. The second-order valence-corrected chi connectivity index (χ2v) is 6.84. The summed E-state index contributed by atoms with van der Waals surface area (Å²) in [5.74, 6) is -0.272. The number of rotatable bonds is 3. The molecule has 0 unspecified atom stereocenters. The van der Waals surface area contributed by atoms with E-state index in [1.54, 1.807) is 54.2 Å². The van der Waals surface area contributed by atoms with Crippen molar-refractivity contribution in [3.63, 3.8) is 0 Å². The highest BCUT2D eigenvalue weighted by atomic mass is 19.1. The largest absolute Gasteiger partial charge is 0.292 e. The number of nitrogens with zero attached hydrogens (tertiary/aromatic N) is 4. The molecule has 1 aromatic heterocycles. The van der Waals surface area contributed by atoms with Crippen LogP contribution in [-0.4, -0.2) is 26.3 Å². The maximum Gasteiger partial charge on any atom is 0.270 e. The van der Waals surface area contributed by atoms with Gasteiger partial charge in [0.25, 0.3) is 11.6 Å². The quantitative estimate of drug-likeness (QED) is 0.546.